The normalized spacial score (nSPS) is 11.7. The fraction of sp³-hybridized carbons (Fsp3) is 0.185. The lowest BCUT2D eigenvalue weighted by Crippen LogP contribution is -2.27. The van der Waals surface area contributed by atoms with E-state index in [0.29, 0.717) is 6.54 Å². The molecular formula is C27H27N3O3. The second-order valence-corrected chi connectivity index (χ2v) is 7.73. The minimum absolute atomic E-state index is 0.194. The number of para-hydroxylation sites is 1. The Morgan fingerprint density at radius 3 is 2.45 bits per heavy atom. The highest BCUT2D eigenvalue weighted by Crippen LogP contribution is 2.27. The van der Waals surface area contributed by atoms with Crippen molar-refractivity contribution in [3.05, 3.63) is 102 Å². The first-order chi connectivity index (χ1) is 16.1. The molecule has 1 amide bonds. The van der Waals surface area contributed by atoms with Gasteiger partial charge >= 0.3 is 0 Å². The van der Waals surface area contributed by atoms with Crippen LogP contribution >= 0.6 is 0 Å². The second kappa shape index (κ2) is 10.6. The Labute approximate surface area is 193 Å². The van der Waals surface area contributed by atoms with Gasteiger partial charge < -0.3 is 14.8 Å². The summed E-state index contributed by atoms with van der Waals surface area (Å²) in [6, 6.07) is 27.3. The summed E-state index contributed by atoms with van der Waals surface area (Å²) in [6.45, 7) is 2.64. The van der Waals surface area contributed by atoms with Gasteiger partial charge in [0.25, 0.3) is 5.91 Å². The Morgan fingerprint density at radius 2 is 1.73 bits per heavy atom. The predicted octanol–water partition coefficient (Wildman–Crippen LogP) is 5.15. The van der Waals surface area contributed by atoms with E-state index in [4.69, 9.17) is 14.6 Å². The number of methoxy groups -OCH3 is 1. The molecule has 0 aliphatic carbocycles. The quantitative estimate of drug-likeness (QED) is 0.390. The number of ether oxygens (including phenoxy) is 2. The Morgan fingerprint density at radius 1 is 1.00 bits per heavy atom. The van der Waals surface area contributed by atoms with Crippen molar-refractivity contribution in [2.75, 3.05) is 12.4 Å². The summed E-state index contributed by atoms with van der Waals surface area (Å²) in [5.41, 5.74) is 4.53. The van der Waals surface area contributed by atoms with Gasteiger partial charge in [0.1, 0.15) is 11.9 Å². The maximum absolute atomic E-state index is 12.5. The first-order valence-corrected chi connectivity index (χ1v) is 10.8. The fourth-order valence-corrected chi connectivity index (χ4v) is 3.49. The van der Waals surface area contributed by atoms with Crippen molar-refractivity contribution >= 4 is 11.6 Å². The van der Waals surface area contributed by atoms with E-state index in [1.165, 1.54) is 0 Å². The monoisotopic (exact) mass is 441 g/mol. The highest BCUT2D eigenvalue weighted by Gasteiger charge is 2.17. The first kappa shape index (κ1) is 22.3. The maximum atomic E-state index is 12.5. The molecule has 1 N–H and O–H groups in total. The van der Waals surface area contributed by atoms with Gasteiger partial charge in [0, 0.05) is 23.0 Å². The summed E-state index contributed by atoms with van der Waals surface area (Å²) in [4.78, 5) is 12.5. The SMILES string of the molecule is COc1cccc(-c2nn(Cc3ccccc3)cc2COC(C)C(=O)Nc2ccccc2)c1. The number of amides is 1. The van der Waals surface area contributed by atoms with Crippen LogP contribution in [0.4, 0.5) is 5.69 Å². The van der Waals surface area contributed by atoms with Gasteiger partial charge in [0.05, 0.1) is 26.0 Å². The first-order valence-electron chi connectivity index (χ1n) is 10.8. The van der Waals surface area contributed by atoms with Crippen molar-refractivity contribution in [3.8, 4) is 17.0 Å². The molecule has 0 bridgehead atoms. The second-order valence-electron chi connectivity index (χ2n) is 7.73. The molecule has 0 radical (unpaired) electrons. The number of aromatic nitrogens is 2. The summed E-state index contributed by atoms with van der Waals surface area (Å²) >= 11 is 0. The van der Waals surface area contributed by atoms with Crippen LogP contribution < -0.4 is 10.1 Å². The van der Waals surface area contributed by atoms with E-state index < -0.39 is 6.10 Å². The summed E-state index contributed by atoms with van der Waals surface area (Å²) in [5, 5.41) is 7.70. The topological polar surface area (TPSA) is 65.4 Å². The molecule has 1 aromatic heterocycles. The van der Waals surface area contributed by atoms with E-state index in [0.717, 1.165) is 33.8 Å². The predicted molar refractivity (Wildman–Crippen MR) is 129 cm³/mol. The number of nitrogens with one attached hydrogen (secondary N) is 1. The molecule has 4 rings (SSSR count). The zero-order valence-electron chi connectivity index (χ0n) is 18.8. The Bertz CT molecular complexity index is 1190. The van der Waals surface area contributed by atoms with Crippen LogP contribution in [0.3, 0.4) is 0 Å². The van der Waals surface area contributed by atoms with Crippen LogP contribution in [0.15, 0.2) is 91.1 Å². The minimum atomic E-state index is -0.624. The van der Waals surface area contributed by atoms with Gasteiger partial charge in [-0.1, -0.05) is 60.7 Å². The summed E-state index contributed by atoms with van der Waals surface area (Å²) in [6.07, 6.45) is 1.35. The minimum Gasteiger partial charge on any atom is -0.497 e. The van der Waals surface area contributed by atoms with E-state index in [9.17, 15) is 4.79 Å². The summed E-state index contributed by atoms with van der Waals surface area (Å²) < 4.78 is 13.2. The lowest BCUT2D eigenvalue weighted by atomic mass is 10.1. The van der Waals surface area contributed by atoms with E-state index in [-0.39, 0.29) is 12.5 Å². The number of anilines is 1. The van der Waals surface area contributed by atoms with Crippen molar-refractivity contribution in [1.82, 2.24) is 9.78 Å². The molecule has 0 saturated carbocycles. The number of rotatable bonds is 9. The maximum Gasteiger partial charge on any atom is 0.253 e. The third kappa shape index (κ3) is 5.87. The van der Waals surface area contributed by atoms with Gasteiger partial charge in [-0.15, -0.1) is 0 Å². The molecule has 168 valence electrons. The standard InChI is InChI=1S/C27H27N3O3/c1-20(27(31)28-24-13-7-4-8-14-24)33-19-23-18-30(17-21-10-5-3-6-11-21)29-26(23)22-12-9-15-25(16-22)32-2/h3-16,18,20H,17,19H2,1-2H3,(H,28,31). The molecule has 6 nitrogen and oxygen atoms in total. The third-order valence-electron chi connectivity index (χ3n) is 5.27. The zero-order chi connectivity index (χ0) is 23.0. The molecule has 33 heavy (non-hydrogen) atoms. The zero-order valence-corrected chi connectivity index (χ0v) is 18.8. The van der Waals surface area contributed by atoms with Crippen LogP contribution in [0.25, 0.3) is 11.3 Å². The number of hydrogen-bond acceptors (Lipinski definition) is 4. The average molecular weight is 442 g/mol. The fourth-order valence-electron chi connectivity index (χ4n) is 3.49. The van der Waals surface area contributed by atoms with E-state index >= 15 is 0 Å². The number of hydrogen-bond donors (Lipinski definition) is 1. The van der Waals surface area contributed by atoms with Crippen LogP contribution in [0.1, 0.15) is 18.1 Å². The van der Waals surface area contributed by atoms with Crippen LogP contribution in [0.2, 0.25) is 0 Å². The van der Waals surface area contributed by atoms with Crippen LogP contribution in [-0.2, 0) is 22.7 Å². The molecule has 0 fully saturated rings. The van der Waals surface area contributed by atoms with Crippen LogP contribution in [0, 0.1) is 0 Å². The molecule has 3 aromatic carbocycles. The molecule has 4 aromatic rings. The molecule has 0 aliphatic rings. The van der Waals surface area contributed by atoms with E-state index in [1.54, 1.807) is 14.0 Å². The van der Waals surface area contributed by atoms with E-state index in [2.05, 4.69) is 17.4 Å². The van der Waals surface area contributed by atoms with Gasteiger partial charge in [0.2, 0.25) is 0 Å². The summed E-state index contributed by atoms with van der Waals surface area (Å²) in [5.74, 6) is 0.563. The van der Waals surface area contributed by atoms with Crippen LogP contribution in [-0.4, -0.2) is 28.9 Å². The van der Waals surface area contributed by atoms with Gasteiger partial charge in [-0.25, -0.2) is 0 Å². The molecule has 0 saturated heterocycles. The largest absolute Gasteiger partial charge is 0.497 e. The number of nitrogens with zero attached hydrogens (tertiary/aromatic N) is 2. The van der Waals surface area contributed by atoms with Crippen molar-refractivity contribution in [2.24, 2.45) is 0 Å². The van der Waals surface area contributed by atoms with Gasteiger partial charge in [-0.3, -0.25) is 9.48 Å². The van der Waals surface area contributed by atoms with Crippen LogP contribution in [0.5, 0.6) is 5.75 Å². The molecule has 1 atom stereocenters. The Hall–Kier alpha value is -3.90. The van der Waals surface area contributed by atoms with Gasteiger partial charge in [-0.2, -0.15) is 5.10 Å². The van der Waals surface area contributed by atoms with Crippen molar-refractivity contribution in [2.45, 2.75) is 26.2 Å². The lowest BCUT2D eigenvalue weighted by molar-refractivity contribution is -0.127. The van der Waals surface area contributed by atoms with Gasteiger partial charge in [-0.05, 0) is 36.8 Å². The van der Waals surface area contributed by atoms with Crippen molar-refractivity contribution < 1.29 is 14.3 Å². The number of carbonyl (C=O) groups is 1. The van der Waals surface area contributed by atoms with Crippen molar-refractivity contribution in [1.29, 1.82) is 0 Å². The Kier molecular flexibility index (Phi) is 7.17. The molecule has 1 unspecified atom stereocenters. The summed E-state index contributed by atoms with van der Waals surface area (Å²) in [7, 11) is 1.64. The van der Waals surface area contributed by atoms with Gasteiger partial charge in [0.15, 0.2) is 0 Å². The number of carbonyl (C=O) groups excluding carboxylic acids is 1. The Balaban J connectivity index is 1.53. The third-order valence-corrected chi connectivity index (χ3v) is 5.27. The molecular weight excluding hydrogens is 414 g/mol. The molecule has 6 heteroatoms. The molecule has 0 aliphatic heterocycles. The smallest absolute Gasteiger partial charge is 0.253 e. The average Bonchev–Trinajstić information content (AvgIpc) is 3.26. The van der Waals surface area contributed by atoms with E-state index in [1.807, 2.05) is 83.7 Å². The molecule has 0 spiro atoms. The van der Waals surface area contributed by atoms with Crippen molar-refractivity contribution in [3.63, 3.8) is 0 Å². The lowest BCUT2D eigenvalue weighted by Gasteiger charge is -2.13. The number of benzene rings is 3. The highest BCUT2D eigenvalue weighted by atomic mass is 16.5. The molecule has 1 heterocycles. The highest BCUT2D eigenvalue weighted by molar-refractivity contribution is 5.93.